The number of ether oxygens (including phenoxy) is 1. The van der Waals surface area contributed by atoms with Crippen LogP contribution in [0.4, 0.5) is 4.39 Å². The first-order valence-corrected chi connectivity index (χ1v) is 9.88. The van der Waals surface area contributed by atoms with Gasteiger partial charge in [-0.25, -0.2) is 4.39 Å². The first-order chi connectivity index (χ1) is 12.2. The van der Waals surface area contributed by atoms with Crippen molar-refractivity contribution in [1.29, 1.82) is 0 Å². The highest BCUT2D eigenvalue weighted by Gasteiger charge is 2.60. The largest absolute Gasteiger partial charge is 0.377 e. The van der Waals surface area contributed by atoms with E-state index in [9.17, 15) is 9.18 Å². The minimum Gasteiger partial charge on any atom is -0.377 e. The van der Waals surface area contributed by atoms with E-state index in [1.54, 1.807) is 12.1 Å². The lowest BCUT2D eigenvalue weighted by Gasteiger charge is -2.51. The molecule has 1 heterocycles. The molecule has 4 atom stereocenters. The van der Waals surface area contributed by atoms with Gasteiger partial charge in [0.05, 0.1) is 11.5 Å². The summed E-state index contributed by atoms with van der Waals surface area (Å²) in [7, 11) is 0. The Morgan fingerprint density at radius 2 is 1.92 bits per heavy atom. The van der Waals surface area contributed by atoms with Crippen LogP contribution < -0.4 is 5.32 Å². The maximum atomic E-state index is 14.3. The van der Waals surface area contributed by atoms with Crippen molar-refractivity contribution in [3.8, 4) is 0 Å². The van der Waals surface area contributed by atoms with Gasteiger partial charge in [-0.3, -0.25) is 4.79 Å². The number of halogens is 1. The highest BCUT2D eigenvalue weighted by molar-refractivity contribution is 5.91. The average molecular weight is 343 g/mol. The fourth-order valence-corrected chi connectivity index (χ4v) is 5.74. The minimum absolute atomic E-state index is 0.0379. The SMILES string of the molecule is O=C(NC1C2CCOC2C1C1CCCC1)C1(c2ccccc2F)CC1. The Kier molecular flexibility index (Phi) is 3.67. The van der Waals surface area contributed by atoms with Gasteiger partial charge in [0.15, 0.2) is 0 Å². The van der Waals surface area contributed by atoms with Gasteiger partial charge in [-0.2, -0.15) is 0 Å². The summed E-state index contributed by atoms with van der Waals surface area (Å²) in [5, 5.41) is 3.36. The standard InChI is InChI=1S/C21H26FNO2/c22-16-8-4-3-7-15(16)21(10-11-21)20(24)23-18-14-9-12-25-19(14)17(18)13-5-1-2-6-13/h3-4,7-8,13-14,17-19H,1-2,5-6,9-12H2,(H,23,24). The van der Waals surface area contributed by atoms with E-state index in [0.717, 1.165) is 25.9 Å². The average Bonchev–Trinajstić information content (AvgIpc) is 3.05. The molecule has 134 valence electrons. The molecule has 0 aromatic heterocycles. The monoisotopic (exact) mass is 343 g/mol. The Morgan fingerprint density at radius 1 is 1.16 bits per heavy atom. The van der Waals surface area contributed by atoms with Gasteiger partial charge in [-0.05, 0) is 31.2 Å². The van der Waals surface area contributed by atoms with Crippen LogP contribution in [0.1, 0.15) is 50.5 Å². The third kappa shape index (κ3) is 2.37. The van der Waals surface area contributed by atoms with Crippen LogP contribution in [0.2, 0.25) is 0 Å². The topological polar surface area (TPSA) is 38.3 Å². The number of rotatable bonds is 4. The van der Waals surface area contributed by atoms with Gasteiger partial charge in [0, 0.05) is 30.0 Å². The van der Waals surface area contributed by atoms with E-state index in [-0.39, 0.29) is 17.8 Å². The molecule has 0 radical (unpaired) electrons. The number of carbonyl (C=O) groups excluding carboxylic acids is 1. The Labute approximate surface area is 148 Å². The van der Waals surface area contributed by atoms with E-state index in [2.05, 4.69) is 5.32 Å². The third-order valence-electron chi connectivity index (χ3n) is 7.25. The Bertz CT molecular complexity index is 675. The van der Waals surface area contributed by atoms with Gasteiger partial charge >= 0.3 is 0 Å². The van der Waals surface area contributed by atoms with E-state index in [0.29, 0.717) is 29.4 Å². The number of hydrogen-bond donors (Lipinski definition) is 1. The lowest BCUT2D eigenvalue weighted by molar-refractivity contribution is -0.132. The molecular formula is C21H26FNO2. The quantitative estimate of drug-likeness (QED) is 0.908. The van der Waals surface area contributed by atoms with Crippen molar-refractivity contribution < 1.29 is 13.9 Å². The first-order valence-electron chi connectivity index (χ1n) is 9.88. The fourth-order valence-electron chi connectivity index (χ4n) is 5.74. The summed E-state index contributed by atoms with van der Waals surface area (Å²) in [6.07, 6.45) is 8.04. The second-order valence-corrected chi connectivity index (χ2v) is 8.47. The number of carbonyl (C=O) groups is 1. The molecule has 4 unspecified atom stereocenters. The van der Waals surface area contributed by atoms with Crippen molar-refractivity contribution in [2.45, 2.75) is 62.5 Å². The highest BCUT2D eigenvalue weighted by atomic mass is 19.1. The van der Waals surface area contributed by atoms with Crippen molar-refractivity contribution in [3.63, 3.8) is 0 Å². The second-order valence-electron chi connectivity index (χ2n) is 8.47. The van der Waals surface area contributed by atoms with Crippen LogP contribution in [0, 0.1) is 23.6 Å². The number of fused-ring (bicyclic) bond motifs is 1. The molecule has 0 spiro atoms. The normalized spacial score (nSPS) is 35.9. The molecule has 1 amide bonds. The van der Waals surface area contributed by atoms with Crippen LogP contribution in [0.5, 0.6) is 0 Å². The van der Waals surface area contributed by atoms with Gasteiger partial charge in [0.2, 0.25) is 5.91 Å². The summed E-state index contributed by atoms with van der Waals surface area (Å²) in [6, 6.07) is 6.99. The zero-order chi connectivity index (χ0) is 17.0. The van der Waals surface area contributed by atoms with E-state index >= 15 is 0 Å². The molecule has 1 N–H and O–H groups in total. The molecule has 1 saturated heterocycles. The van der Waals surface area contributed by atoms with E-state index in [1.165, 1.54) is 31.7 Å². The molecule has 3 aliphatic carbocycles. The van der Waals surface area contributed by atoms with Crippen molar-refractivity contribution in [1.82, 2.24) is 5.32 Å². The van der Waals surface area contributed by atoms with Gasteiger partial charge in [-0.15, -0.1) is 0 Å². The van der Waals surface area contributed by atoms with E-state index in [4.69, 9.17) is 4.74 Å². The molecule has 1 aliphatic heterocycles. The van der Waals surface area contributed by atoms with Gasteiger partial charge < -0.3 is 10.1 Å². The smallest absolute Gasteiger partial charge is 0.231 e. The van der Waals surface area contributed by atoms with Crippen molar-refractivity contribution in [2.24, 2.45) is 17.8 Å². The third-order valence-corrected chi connectivity index (χ3v) is 7.25. The van der Waals surface area contributed by atoms with E-state index < -0.39 is 5.41 Å². The molecule has 3 saturated carbocycles. The number of benzene rings is 1. The second kappa shape index (κ2) is 5.80. The van der Waals surface area contributed by atoms with Crippen molar-refractivity contribution >= 4 is 5.91 Å². The van der Waals surface area contributed by atoms with Crippen LogP contribution >= 0.6 is 0 Å². The highest BCUT2D eigenvalue weighted by Crippen LogP contribution is 2.53. The summed E-state index contributed by atoms with van der Waals surface area (Å²) >= 11 is 0. The molecule has 1 aromatic rings. The molecule has 3 nitrogen and oxygen atoms in total. The van der Waals surface area contributed by atoms with Gasteiger partial charge in [0.25, 0.3) is 0 Å². The lowest BCUT2D eigenvalue weighted by Crippen LogP contribution is -2.64. The van der Waals surface area contributed by atoms with Crippen LogP contribution in [0.3, 0.4) is 0 Å². The maximum Gasteiger partial charge on any atom is 0.231 e. The van der Waals surface area contributed by atoms with E-state index in [1.807, 2.05) is 6.07 Å². The lowest BCUT2D eigenvalue weighted by atomic mass is 9.61. The summed E-state index contributed by atoms with van der Waals surface area (Å²) < 4.78 is 20.2. The predicted molar refractivity (Wildman–Crippen MR) is 92.5 cm³/mol. The van der Waals surface area contributed by atoms with Gasteiger partial charge in [0.1, 0.15) is 5.82 Å². The Balaban J connectivity index is 1.35. The minimum atomic E-state index is -0.629. The molecule has 5 rings (SSSR count). The Morgan fingerprint density at radius 3 is 2.64 bits per heavy atom. The number of nitrogens with one attached hydrogen (secondary N) is 1. The number of hydrogen-bond acceptors (Lipinski definition) is 2. The zero-order valence-electron chi connectivity index (χ0n) is 14.5. The van der Waals surface area contributed by atoms with Crippen molar-refractivity contribution in [3.05, 3.63) is 35.6 Å². The van der Waals surface area contributed by atoms with Crippen LogP contribution in [0.15, 0.2) is 24.3 Å². The van der Waals surface area contributed by atoms with Gasteiger partial charge in [-0.1, -0.05) is 43.9 Å². The zero-order valence-corrected chi connectivity index (χ0v) is 14.5. The summed E-state index contributed by atoms with van der Waals surface area (Å²) in [5.74, 6) is 1.41. The van der Waals surface area contributed by atoms with Crippen LogP contribution in [-0.2, 0) is 14.9 Å². The molecule has 4 fully saturated rings. The number of amides is 1. The molecule has 4 aliphatic rings. The summed E-state index contributed by atoms with van der Waals surface area (Å²) in [4.78, 5) is 13.1. The molecule has 1 aromatic carbocycles. The predicted octanol–water partition coefficient (Wildman–Crippen LogP) is 3.57. The van der Waals surface area contributed by atoms with Crippen LogP contribution in [-0.4, -0.2) is 24.7 Å². The molecule has 0 bridgehead atoms. The fraction of sp³-hybridized carbons (Fsp3) is 0.667. The molecule has 4 heteroatoms. The van der Waals surface area contributed by atoms with Crippen molar-refractivity contribution in [2.75, 3.05) is 6.61 Å². The van der Waals surface area contributed by atoms with Crippen LogP contribution in [0.25, 0.3) is 0 Å². The maximum absolute atomic E-state index is 14.3. The first kappa shape index (κ1) is 15.8. The molecular weight excluding hydrogens is 317 g/mol. The Hall–Kier alpha value is -1.42. The molecule has 25 heavy (non-hydrogen) atoms. The summed E-state index contributed by atoms with van der Waals surface area (Å²) in [6.45, 7) is 0.823. The summed E-state index contributed by atoms with van der Waals surface area (Å²) in [5.41, 5.74) is -0.0562.